The normalized spacial score (nSPS) is 18.2. The molecular weight excluding hydrogens is 266 g/mol. The summed E-state index contributed by atoms with van der Waals surface area (Å²) in [6, 6.07) is 4.84. The lowest BCUT2D eigenvalue weighted by molar-refractivity contribution is 0.317. The first-order valence-corrected chi connectivity index (χ1v) is 8.43. The van der Waals surface area contributed by atoms with Crippen LogP contribution in [0.15, 0.2) is 12.1 Å². The van der Waals surface area contributed by atoms with E-state index in [0.29, 0.717) is 6.04 Å². The third-order valence-electron chi connectivity index (χ3n) is 4.86. The van der Waals surface area contributed by atoms with Gasteiger partial charge in [0.2, 0.25) is 0 Å². The van der Waals surface area contributed by atoms with E-state index in [4.69, 9.17) is 11.6 Å². The van der Waals surface area contributed by atoms with Crippen LogP contribution in [-0.4, -0.2) is 7.05 Å². The Morgan fingerprint density at radius 1 is 1.15 bits per heavy atom. The monoisotopic (exact) mass is 293 g/mol. The van der Waals surface area contributed by atoms with Gasteiger partial charge < -0.3 is 5.32 Å². The Bertz CT molecular complexity index is 435. The molecule has 0 bridgehead atoms. The molecule has 1 atom stereocenters. The lowest BCUT2D eigenvalue weighted by atomic mass is 9.84. The summed E-state index contributed by atoms with van der Waals surface area (Å²) in [7, 11) is 2.08. The summed E-state index contributed by atoms with van der Waals surface area (Å²) in [5, 5.41) is 4.39. The molecule has 2 rings (SSSR count). The van der Waals surface area contributed by atoms with Crippen LogP contribution in [0.5, 0.6) is 0 Å². The van der Waals surface area contributed by atoms with E-state index in [1.54, 1.807) is 0 Å². The van der Waals surface area contributed by atoms with Gasteiger partial charge in [0.1, 0.15) is 0 Å². The predicted molar refractivity (Wildman–Crippen MR) is 88.5 cm³/mol. The van der Waals surface area contributed by atoms with Crippen LogP contribution in [0, 0.1) is 19.8 Å². The Labute approximate surface area is 129 Å². The number of benzene rings is 1. The quantitative estimate of drug-likeness (QED) is 0.747. The maximum atomic E-state index is 6.21. The van der Waals surface area contributed by atoms with Gasteiger partial charge in [-0.1, -0.05) is 49.8 Å². The van der Waals surface area contributed by atoms with Crippen molar-refractivity contribution in [1.82, 2.24) is 5.32 Å². The van der Waals surface area contributed by atoms with E-state index in [-0.39, 0.29) is 0 Å². The lowest BCUT2D eigenvalue weighted by Gasteiger charge is -2.25. The summed E-state index contributed by atoms with van der Waals surface area (Å²) in [4.78, 5) is 0. The molecule has 0 radical (unpaired) electrons. The second kappa shape index (κ2) is 7.47. The third-order valence-corrected chi connectivity index (χ3v) is 5.27. The average molecular weight is 294 g/mol. The SMILES string of the molecule is CNC(CCC1CCCCC1)c1cc(C)c(Cl)cc1C. The van der Waals surface area contributed by atoms with Gasteiger partial charge in [0, 0.05) is 11.1 Å². The molecule has 20 heavy (non-hydrogen) atoms. The molecule has 1 aliphatic carbocycles. The molecule has 1 fully saturated rings. The van der Waals surface area contributed by atoms with E-state index >= 15 is 0 Å². The molecule has 2 heteroatoms. The van der Waals surface area contributed by atoms with E-state index in [9.17, 15) is 0 Å². The van der Waals surface area contributed by atoms with Gasteiger partial charge in [0.25, 0.3) is 0 Å². The topological polar surface area (TPSA) is 12.0 Å². The van der Waals surface area contributed by atoms with Gasteiger partial charge in [-0.15, -0.1) is 0 Å². The second-order valence-electron chi connectivity index (χ2n) is 6.38. The fraction of sp³-hybridized carbons (Fsp3) is 0.667. The molecule has 0 spiro atoms. The van der Waals surface area contributed by atoms with Crippen LogP contribution in [0.25, 0.3) is 0 Å². The summed E-state index contributed by atoms with van der Waals surface area (Å²) >= 11 is 6.21. The minimum absolute atomic E-state index is 0.466. The highest BCUT2D eigenvalue weighted by Crippen LogP contribution is 2.32. The fourth-order valence-electron chi connectivity index (χ4n) is 3.51. The Kier molecular flexibility index (Phi) is 5.92. The number of hydrogen-bond donors (Lipinski definition) is 1. The van der Waals surface area contributed by atoms with Crippen LogP contribution in [0.1, 0.15) is 67.7 Å². The Balaban J connectivity index is 2.02. The van der Waals surface area contributed by atoms with Gasteiger partial charge in [-0.3, -0.25) is 0 Å². The predicted octanol–water partition coefficient (Wildman–Crippen LogP) is 5.58. The fourth-order valence-corrected chi connectivity index (χ4v) is 3.73. The van der Waals surface area contributed by atoms with Gasteiger partial charge in [-0.05, 0) is 62.4 Å². The van der Waals surface area contributed by atoms with Crippen molar-refractivity contribution < 1.29 is 0 Å². The summed E-state index contributed by atoms with van der Waals surface area (Å²) < 4.78 is 0. The third kappa shape index (κ3) is 3.99. The van der Waals surface area contributed by atoms with E-state index in [1.165, 1.54) is 61.6 Å². The van der Waals surface area contributed by atoms with Crippen molar-refractivity contribution in [2.45, 2.75) is 64.8 Å². The first-order chi connectivity index (χ1) is 9.61. The van der Waals surface area contributed by atoms with Gasteiger partial charge in [-0.25, -0.2) is 0 Å². The largest absolute Gasteiger partial charge is 0.313 e. The molecule has 0 heterocycles. The molecule has 1 saturated carbocycles. The van der Waals surface area contributed by atoms with E-state index < -0.39 is 0 Å². The maximum Gasteiger partial charge on any atom is 0.0438 e. The van der Waals surface area contributed by atoms with Gasteiger partial charge >= 0.3 is 0 Å². The number of rotatable bonds is 5. The second-order valence-corrected chi connectivity index (χ2v) is 6.79. The van der Waals surface area contributed by atoms with Crippen molar-refractivity contribution in [3.05, 3.63) is 33.8 Å². The van der Waals surface area contributed by atoms with Crippen LogP contribution in [0.2, 0.25) is 5.02 Å². The van der Waals surface area contributed by atoms with E-state index in [2.05, 4.69) is 38.3 Å². The molecule has 1 nitrogen and oxygen atoms in total. The summed E-state index contributed by atoms with van der Waals surface area (Å²) in [5.41, 5.74) is 3.92. The van der Waals surface area contributed by atoms with E-state index in [1.807, 2.05) is 0 Å². The lowest BCUT2D eigenvalue weighted by Crippen LogP contribution is -2.19. The van der Waals surface area contributed by atoms with Crippen molar-refractivity contribution in [3.63, 3.8) is 0 Å². The van der Waals surface area contributed by atoms with Crippen LogP contribution >= 0.6 is 11.6 Å². The number of halogens is 1. The van der Waals surface area contributed by atoms with Crippen LogP contribution in [0.4, 0.5) is 0 Å². The first kappa shape index (κ1) is 15.9. The van der Waals surface area contributed by atoms with Crippen LogP contribution in [0.3, 0.4) is 0 Å². The zero-order valence-corrected chi connectivity index (χ0v) is 13.9. The molecule has 0 amide bonds. The van der Waals surface area contributed by atoms with E-state index in [0.717, 1.165) is 10.9 Å². The number of aryl methyl sites for hydroxylation is 2. The molecule has 0 aromatic heterocycles. The number of hydrogen-bond acceptors (Lipinski definition) is 1. The van der Waals surface area contributed by atoms with Crippen molar-refractivity contribution in [1.29, 1.82) is 0 Å². The minimum Gasteiger partial charge on any atom is -0.313 e. The minimum atomic E-state index is 0.466. The van der Waals surface area contributed by atoms with Crippen molar-refractivity contribution in [2.75, 3.05) is 7.05 Å². The molecule has 1 aromatic carbocycles. The molecular formula is C18H28ClN. The van der Waals surface area contributed by atoms with Gasteiger partial charge in [-0.2, -0.15) is 0 Å². The maximum absolute atomic E-state index is 6.21. The molecule has 0 saturated heterocycles. The molecule has 0 aliphatic heterocycles. The summed E-state index contributed by atoms with van der Waals surface area (Å²) in [5.74, 6) is 0.952. The molecule has 1 aromatic rings. The standard InChI is InChI=1S/C18H28ClN/c1-13-12-17(19)14(2)11-16(13)18(20-3)10-9-15-7-5-4-6-8-15/h11-12,15,18,20H,4-10H2,1-3H3. The Hall–Kier alpha value is -0.530. The van der Waals surface area contributed by atoms with Crippen LogP contribution in [-0.2, 0) is 0 Å². The average Bonchev–Trinajstić information content (AvgIpc) is 2.46. The smallest absolute Gasteiger partial charge is 0.0438 e. The molecule has 112 valence electrons. The number of nitrogens with one attached hydrogen (secondary N) is 1. The first-order valence-electron chi connectivity index (χ1n) is 8.05. The van der Waals surface area contributed by atoms with Crippen LogP contribution < -0.4 is 5.32 Å². The Morgan fingerprint density at radius 3 is 2.50 bits per heavy atom. The zero-order valence-electron chi connectivity index (χ0n) is 13.1. The van der Waals surface area contributed by atoms with Gasteiger partial charge in [0.15, 0.2) is 0 Å². The summed E-state index contributed by atoms with van der Waals surface area (Å²) in [6.07, 6.45) is 9.79. The molecule has 1 aliphatic rings. The molecule has 1 N–H and O–H groups in total. The Morgan fingerprint density at radius 2 is 1.85 bits per heavy atom. The highest BCUT2D eigenvalue weighted by atomic mass is 35.5. The van der Waals surface area contributed by atoms with Crippen molar-refractivity contribution in [2.24, 2.45) is 5.92 Å². The zero-order chi connectivity index (χ0) is 14.5. The summed E-state index contributed by atoms with van der Waals surface area (Å²) in [6.45, 7) is 4.27. The molecule has 1 unspecified atom stereocenters. The van der Waals surface area contributed by atoms with Crippen molar-refractivity contribution in [3.8, 4) is 0 Å². The van der Waals surface area contributed by atoms with Crippen molar-refractivity contribution >= 4 is 11.6 Å². The highest BCUT2D eigenvalue weighted by Gasteiger charge is 2.18. The van der Waals surface area contributed by atoms with Gasteiger partial charge in [0.05, 0.1) is 0 Å². The highest BCUT2D eigenvalue weighted by molar-refractivity contribution is 6.31.